The number of aryl methyl sites for hydroxylation is 1. The van der Waals surface area contributed by atoms with Crippen LogP contribution in [0.4, 0.5) is 0 Å². The van der Waals surface area contributed by atoms with E-state index in [0.29, 0.717) is 12.0 Å². The van der Waals surface area contributed by atoms with Crippen LogP contribution in [0.25, 0.3) is 0 Å². The van der Waals surface area contributed by atoms with Crippen LogP contribution in [0.15, 0.2) is 0 Å². The Kier molecular flexibility index (Phi) is 2.10. The second-order valence-corrected chi connectivity index (χ2v) is 4.10. The van der Waals surface area contributed by atoms with Crippen LogP contribution in [0.1, 0.15) is 57.2 Å². The molecule has 0 aromatic carbocycles. The highest BCUT2D eigenvalue weighted by Crippen LogP contribution is 2.30. The molecule has 2 heterocycles. The lowest BCUT2D eigenvalue weighted by atomic mass is 10.1. The lowest BCUT2D eigenvalue weighted by Gasteiger charge is -2.14. The quantitative estimate of drug-likeness (QED) is 0.697. The molecule has 1 aliphatic rings. The van der Waals surface area contributed by atoms with Crippen LogP contribution < -0.4 is 0 Å². The molecule has 3 heteroatoms. The molecule has 3 nitrogen and oxygen atoms in total. The highest BCUT2D eigenvalue weighted by molar-refractivity contribution is 5.07. The molecule has 2 rings (SSSR count). The van der Waals surface area contributed by atoms with Crippen molar-refractivity contribution in [3.63, 3.8) is 0 Å². The van der Waals surface area contributed by atoms with E-state index in [1.807, 2.05) is 0 Å². The summed E-state index contributed by atoms with van der Waals surface area (Å²) in [4.78, 5) is 0. The first-order valence-corrected chi connectivity index (χ1v) is 5.17. The van der Waals surface area contributed by atoms with Crippen molar-refractivity contribution in [2.75, 3.05) is 0 Å². The van der Waals surface area contributed by atoms with E-state index < -0.39 is 0 Å². The van der Waals surface area contributed by atoms with Gasteiger partial charge in [0.2, 0.25) is 0 Å². The van der Waals surface area contributed by atoms with E-state index in [1.54, 1.807) is 0 Å². The number of nitrogens with zero attached hydrogens (tertiary/aromatic N) is 3. The van der Waals surface area contributed by atoms with E-state index in [0.717, 1.165) is 6.42 Å². The summed E-state index contributed by atoms with van der Waals surface area (Å²) in [6, 6.07) is 0.655. The van der Waals surface area contributed by atoms with Crippen molar-refractivity contribution in [2.24, 2.45) is 0 Å². The van der Waals surface area contributed by atoms with Gasteiger partial charge >= 0.3 is 0 Å². The minimum absolute atomic E-state index is 0.494. The standard InChI is InChI=1S/C10H17N3/c1-4-8-5-6-9-11-12-10(7(2)3)13(8)9/h7-8H,4-6H2,1-3H3/t8-/m0/s1. The minimum Gasteiger partial charge on any atom is -0.312 e. The summed E-state index contributed by atoms with van der Waals surface area (Å²) in [6.07, 6.45) is 3.56. The van der Waals surface area contributed by atoms with Gasteiger partial charge in [0.1, 0.15) is 11.6 Å². The zero-order chi connectivity index (χ0) is 9.42. The number of rotatable bonds is 2. The summed E-state index contributed by atoms with van der Waals surface area (Å²) in [7, 11) is 0. The van der Waals surface area contributed by atoms with Crippen molar-refractivity contribution in [2.45, 2.75) is 52.0 Å². The molecule has 72 valence electrons. The van der Waals surface area contributed by atoms with Crippen LogP contribution in [-0.4, -0.2) is 14.8 Å². The molecule has 0 saturated carbocycles. The van der Waals surface area contributed by atoms with Crippen molar-refractivity contribution >= 4 is 0 Å². The maximum absolute atomic E-state index is 4.25. The monoisotopic (exact) mass is 179 g/mol. The molecule has 0 N–H and O–H groups in total. The van der Waals surface area contributed by atoms with Gasteiger partial charge in [0.05, 0.1) is 0 Å². The van der Waals surface area contributed by atoms with Gasteiger partial charge in [-0.3, -0.25) is 0 Å². The van der Waals surface area contributed by atoms with Gasteiger partial charge in [0.25, 0.3) is 0 Å². The third-order valence-electron chi connectivity index (χ3n) is 2.85. The van der Waals surface area contributed by atoms with Gasteiger partial charge in [0.15, 0.2) is 0 Å². The number of hydrogen-bond donors (Lipinski definition) is 0. The molecule has 0 spiro atoms. The van der Waals surface area contributed by atoms with Gasteiger partial charge in [-0.1, -0.05) is 20.8 Å². The Bertz CT molecular complexity index is 301. The highest BCUT2D eigenvalue weighted by atomic mass is 15.3. The van der Waals surface area contributed by atoms with Crippen LogP contribution in [0.3, 0.4) is 0 Å². The Hall–Kier alpha value is -0.860. The fourth-order valence-corrected chi connectivity index (χ4v) is 2.11. The van der Waals surface area contributed by atoms with Crippen LogP contribution in [-0.2, 0) is 6.42 Å². The second-order valence-electron chi connectivity index (χ2n) is 4.10. The summed E-state index contributed by atoms with van der Waals surface area (Å²) in [5.74, 6) is 2.85. The van der Waals surface area contributed by atoms with Gasteiger partial charge in [0, 0.05) is 18.4 Å². The van der Waals surface area contributed by atoms with Gasteiger partial charge in [-0.15, -0.1) is 10.2 Å². The molecule has 1 aromatic heterocycles. The Morgan fingerprint density at radius 2 is 2.23 bits per heavy atom. The van der Waals surface area contributed by atoms with Crippen molar-refractivity contribution in [1.82, 2.24) is 14.8 Å². The molecular weight excluding hydrogens is 162 g/mol. The predicted molar refractivity (Wildman–Crippen MR) is 51.8 cm³/mol. The van der Waals surface area contributed by atoms with Crippen molar-refractivity contribution in [3.8, 4) is 0 Å². The van der Waals surface area contributed by atoms with Crippen molar-refractivity contribution in [1.29, 1.82) is 0 Å². The third kappa shape index (κ3) is 1.26. The summed E-state index contributed by atoms with van der Waals surface area (Å²) in [5.41, 5.74) is 0. The molecule has 0 saturated heterocycles. The smallest absolute Gasteiger partial charge is 0.135 e. The van der Waals surface area contributed by atoms with Crippen molar-refractivity contribution in [3.05, 3.63) is 11.6 Å². The molecule has 13 heavy (non-hydrogen) atoms. The molecule has 1 atom stereocenters. The lowest BCUT2D eigenvalue weighted by Crippen LogP contribution is -2.08. The highest BCUT2D eigenvalue weighted by Gasteiger charge is 2.26. The Morgan fingerprint density at radius 3 is 2.85 bits per heavy atom. The predicted octanol–water partition coefficient (Wildman–Crippen LogP) is 2.30. The van der Waals surface area contributed by atoms with Crippen LogP contribution in [0.5, 0.6) is 0 Å². The zero-order valence-corrected chi connectivity index (χ0v) is 8.62. The molecular formula is C10H17N3. The van der Waals surface area contributed by atoms with Crippen LogP contribution in [0, 0.1) is 0 Å². The van der Waals surface area contributed by atoms with Gasteiger partial charge in [-0.25, -0.2) is 0 Å². The topological polar surface area (TPSA) is 30.7 Å². The van der Waals surface area contributed by atoms with E-state index in [1.165, 1.54) is 24.5 Å². The maximum atomic E-state index is 4.25. The van der Waals surface area contributed by atoms with E-state index in [2.05, 4.69) is 35.5 Å². The fourth-order valence-electron chi connectivity index (χ4n) is 2.11. The molecule has 0 amide bonds. The Morgan fingerprint density at radius 1 is 1.46 bits per heavy atom. The first-order chi connectivity index (χ1) is 6.24. The third-order valence-corrected chi connectivity index (χ3v) is 2.85. The van der Waals surface area contributed by atoms with E-state index in [4.69, 9.17) is 0 Å². The average molecular weight is 179 g/mol. The first-order valence-electron chi connectivity index (χ1n) is 5.17. The van der Waals surface area contributed by atoms with E-state index in [9.17, 15) is 0 Å². The minimum atomic E-state index is 0.494. The number of hydrogen-bond acceptors (Lipinski definition) is 2. The summed E-state index contributed by atoms with van der Waals surface area (Å²) >= 11 is 0. The van der Waals surface area contributed by atoms with Crippen molar-refractivity contribution < 1.29 is 0 Å². The average Bonchev–Trinajstić information content (AvgIpc) is 2.61. The summed E-state index contributed by atoms with van der Waals surface area (Å²) < 4.78 is 2.35. The van der Waals surface area contributed by atoms with Gasteiger partial charge in [-0.2, -0.15) is 0 Å². The van der Waals surface area contributed by atoms with Gasteiger partial charge in [-0.05, 0) is 12.8 Å². The second kappa shape index (κ2) is 3.13. The van der Waals surface area contributed by atoms with Gasteiger partial charge < -0.3 is 4.57 Å². The summed E-state index contributed by atoms with van der Waals surface area (Å²) in [5, 5.41) is 8.48. The SMILES string of the molecule is CC[C@H]1CCc2nnc(C(C)C)n21. The molecule has 1 aromatic rings. The Balaban J connectivity index is 2.40. The largest absolute Gasteiger partial charge is 0.312 e. The molecule has 0 aliphatic carbocycles. The van der Waals surface area contributed by atoms with Crippen LogP contribution in [0.2, 0.25) is 0 Å². The summed E-state index contributed by atoms with van der Waals surface area (Å²) in [6.45, 7) is 6.61. The fraction of sp³-hybridized carbons (Fsp3) is 0.800. The van der Waals surface area contributed by atoms with Crippen LogP contribution >= 0.6 is 0 Å². The molecule has 0 bridgehead atoms. The number of fused-ring (bicyclic) bond motifs is 1. The Labute approximate surface area is 79.2 Å². The van der Waals surface area contributed by atoms with E-state index >= 15 is 0 Å². The molecule has 0 fully saturated rings. The maximum Gasteiger partial charge on any atom is 0.135 e. The lowest BCUT2D eigenvalue weighted by molar-refractivity contribution is 0.482. The number of aromatic nitrogens is 3. The normalized spacial score (nSPS) is 21.1. The molecule has 1 aliphatic heterocycles. The zero-order valence-electron chi connectivity index (χ0n) is 8.62. The molecule has 0 radical (unpaired) electrons. The van der Waals surface area contributed by atoms with E-state index in [-0.39, 0.29) is 0 Å². The first kappa shape index (κ1) is 8.73. The molecule has 0 unspecified atom stereocenters.